The van der Waals surface area contributed by atoms with Gasteiger partial charge in [-0.15, -0.1) is 24.8 Å². The minimum Gasteiger partial charge on any atom is -0.494 e. The van der Waals surface area contributed by atoms with E-state index in [-0.39, 0.29) is 24.8 Å². The van der Waals surface area contributed by atoms with E-state index < -0.39 is 0 Å². The molecule has 162 valence electrons. The minimum absolute atomic E-state index is 0. The largest absolute Gasteiger partial charge is 0.494 e. The Balaban J connectivity index is 0.00000196. The Morgan fingerprint density at radius 3 is 2.64 bits per heavy atom. The number of nitrogens with zero attached hydrogens (tertiary/aromatic N) is 1. The first kappa shape index (κ1) is 25.5. The summed E-state index contributed by atoms with van der Waals surface area (Å²) in [6.07, 6.45) is 5.13. The molecule has 0 aliphatic carbocycles. The SMILES string of the molecule is Cl.Cl.c1cc(OCCCC2CCCNC2)ccc1CNCCN1CCOCC1. The second kappa shape index (κ2) is 15.3. The van der Waals surface area contributed by atoms with E-state index >= 15 is 0 Å². The lowest BCUT2D eigenvalue weighted by Gasteiger charge is -2.26. The zero-order valence-corrected chi connectivity index (χ0v) is 18.5. The van der Waals surface area contributed by atoms with Gasteiger partial charge in [0.1, 0.15) is 5.75 Å². The molecule has 1 atom stereocenters. The molecule has 2 saturated heterocycles. The molecule has 2 heterocycles. The second-order valence-electron chi connectivity index (χ2n) is 7.48. The first-order chi connectivity index (χ1) is 12.9. The highest BCUT2D eigenvalue weighted by atomic mass is 35.5. The third kappa shape index (κ3) is 9.77. The van der Waals surface area contributed by atoms with Gasteiger partial charge in [0.25, 0.3) is 0 Å². The third-order valence-electron chi connectivity index (χ3n) is 5.39. The van der Waals surface area contributed by atoms with Crippen LogP contribution in [0.3, 0.4) is 0 Å². The fraction of sp³-hybridized carbons (Fsp3) is 0.714. The lowest BCUT2D eigenvalue weighted by molar-refractivity contribution is 0.0384. The average molecular weight is 434 g/mol. The number of piperidine rings is 1. The Morgan fingerprint density at radius 2 is 1.93 bits per heavy atom. The van der Waals surface area contributed by atoms with E-state index in [1.54, 1.807) is 0 Å². The Labute approximate surface area is 182 Å². The summed E-state index contributed by atoms with van der Waals surface area (Å²) >= 11 is 0. The van der Waals surface area contributed by atoms with Crippen molar-refractivity contribution >= 4 is 24.8 Å². The van der Waals surface area contributed by atoms with Crippen LogP contribution >= 0.6 is 24.8 Å². The highest BCUT2D eigenvalue weighted by molar-refractivity contribution is 5.85. The Hall–Kier alpha value is -0.560. The smallest absolute Gasteiger partial charge is 0.119 e. The second-order valence-corrected chi connectivity index (χ2v) is 7.48. The molecule has 7 heteroatoms. The van der Waals surface area contributed by atoms with Crippen molar-refractivity contribution < 1.29 is 9.47 Å². The van der Waals surface area contributed by atoms with Crippen LogP contribution in [0.4, 0.5) is 0 Å². The fourth-order valence-corrected chi connectivity index (χ4v) is 3.73. The molecule has 0 radical (unpaired) electrons. The minimum atomic E-state index is 0. The molecule has 28 heavy (non-hydrogen) atoms. The first-order valence-electron chi connectivity index (χ1n) is 10.3. The van der Waals surface area contributed by atoms with Gasteiger partial charge in [0.15, 0.2) is 0 Å². The lowest BCUT2D eigenvalue weighted by atomic mass is 9.95. The molecule has 1 aromatic carbocycles. The summed E-state index contributed by atoms with van der Waals surface area (Å²) in [6.45, 7) is 10.1. The van der Waals surface area contributed by atoms with Crippen LogP contribution in [-0.2, 0) is 11.3 Å². The van der Waals surface area contributed by atoms with Gasteiger partial charge in [-0.05, 0) is 62.4 Å². The van der Waals surface area contributed by atoms with Gasteiger partial charge in [-0.25, -0.2) is 0 Å². The molecule has 5 nitrogen and oxygen atoms in total. The van der Waals surface area contributed by atoms with Gasteiger partial charge in [-0.1, -0.05) is 12.1 Å². The molecule has 3 rings (SSSR count). The van der Waals surface area contributed by atoms with Gasteiger partial charge in [0.05, 0.1) is 19.8 Å². The van der Waals surface area contributed by atoms with Crippen molar-refractivity contribution in [2.45, 2.75) is 32.2 Å². The number of morpholine rings is 1. The van der Waals surface area contributed by atoms with Crippen LogP contribution in [0.15, 0.2) is 24.3 Å². The molecule has 2 aliphatic rings. The molecular weight excluding hydrogens is 397 g/mol. The van der Waals surface area contributed by atoms with Gasteiger partial charge in [0, 0.05) is 32.7 Å². The summed E-state index contributed by atoms with van der Waals surface area (Å²) in [5, 5.41) is 7.01. The van der Waals surface area contributed by atoms with Gasteiger partial charge in [0.2, 0.25) is 0 Å². The molecule has 0 saturated carbocycles. The zero-order chi connectivity index (χ0) is 17.9. The standard InChI is InChI=1S/C21H35N3O2.2ClH/c1-3-19(17-22-9-1)4-2-14-26-21-7-5-20(6-8-21)18-23-10-11-24-12-15-25-16-13-24;;/h5-8,19,22-23H,1-4,9-18H2;2*1H. The molecule has 0 aromatic heterocycles. The molecular formula is C21H37Cl2N3O2. The van der Waals surface area contributed by atoms with Crippen LogP contribution in [0.2, 0.25) is 0 Å². The predicted octanol–water partition coefficient (Wildman–Crippen LogP) is 3.11. The summed E-state index contributed by atoms with van der Waals surface area (Å²) < 4.78 is 11.3. The van der Waals surface area contributed by atoms with Crippen molar-refractivity contribution in [3.8, 4) is 5.75 Å². The van der Waals surface area contributed by atoms with Crippen molar-refractivity contribution in [2.75, 3.05) is 59.1 Å². The number of halogens is 2. The first-order valence-corrected chi connectivity index (χ1v) is 10.3. The molecule has 1 aromatic rings. The van der Waals surface area contributed by atoms with E-state index in [4.69, 9.17) is 9.47 Å². The maximum absolute atomic E-state index is 5.90. The van der Waals surface area contributed by atoms with E-state index in [1.807, 2.05) is 0 Å². The lowest BCUT2D eigenvalue weighted by Crippen LogP contribution is -2.40. The molecule has 0 amide bonds. The molecule has 0 spiro atoms. The van der Waals surface area contributed by atoms with E-state index in [0.717, 1.165) is 70.6 Å². The normalized spacial score (nSPS) is 20.1. The quantitative estimate of drug-likeness (QED) is 0.555. The van der Waals surface area contributed by atoms with Crippen LogP contribution in [-0.4, -0.2) is 64.0 Å². The van der Waals surface area contributed by atoms with Crippen molar-refractivity contribution in [3.05, 3.63) is 29.8 Å². The van der Waals surface area contributed by atoms with Crippen LogP contribution < -0.4 is 15.4 Å². The summed E-state index contributed by atoms with van der Waals surface area (Å²) in [5.41, 5.74) is 1.31. The monoisotopic (exact) mass is 433 g/mol. The summed E-state index contributed by atoms with van der Waals surface area (Å²) in [6, 6.07) is 8.53. The van der Waals surface area contributed by atoms with Crippen LogP contribution in [0.1, 0.15) is 31.2 Å². The molecule has 0 bridgehead atoms. The summed E-state index contributed by atoms with van der Waals surface area (Å²) in [4.78, 5) is 2.46. The topological polar surface area (TPSA) is 45.8 Å². The van der Waals surface area contributed by atoms with Crippen LogP contribution in [0, 0.1) is 5.92 Å². The number of hydrogen-bond donors (Lipinski definition) is 2. The Bertz CT molecular complexity index is 448. The van der Waals surface area contributed by atoms with Gasteiger partial charge in [-0.2, -0.15) is 0 Å². The number of hydrogen-bond acceptors (Lipinski definition) is 5. The van der Waals surface area contributed by atoms with Crippen LogP contribution in [0.5, 0.6) is 5.75 Å². The highest BCUT2D eigenvalue weighted by Crippen LogP contribution is 2.17. The molecule has 2 aliphatic heterocycles. The van der Waals surface area contributed by atoms with Crippen LogP contribution in [0.25, 0.3) is 0 Å². The van der Waals surface area contributed by atoms with Gasteiger partial charge >= 0.3 is 0 Å². The molecule has 1 unspecified atom stereocenters. The summed E-state index contributed by atoms with van der Waals surface area (Å²) in [5.74, 6) is 1.84. The van der Waals surface area contributed by atoms with Crippen molar-refractivity contribution in [1.29, 1.82) is 0 Å². The number of benzene rings is 1. The number of nitrogens with one attached hydrogen (secondary N) is 2. The number of rotatable bonds is 10. The molecule has 2 N–H and O–H groups in total. The summed E-state index contributed by atoms with van der Waals surface area (Å²) in [7, 11) is 0. The fourth-order valence-electron chi connectivity index (χ4n) is 3.73. The molecule has 2 fully saturated rings. The maximum atomic E-state index is 5.90. The van der Waals surface area contributed by atoms with Crippen molar-refractivity contribution in [1.82, 2.24) is 15.5 Å². The third-order valence-corrected chi connectivity index (χ3v) is 5.39. The highest BCUT2D eigenvalue weighted by Gasteiger charge is 2.12. The van der Waals surface area contributed by atoms with Crippen molar-refractivity contribution in [2.24, 2.45) is 5.92 Å². The Morgan fingerprint density at radius 1 is 1.14 bits per heavy atom. The zero-order valence-electron chi connectivity index (χ0n) is 16.9. The van der Waals surface area contributed by atoms with Gasteiger partial charge in [-0.3, -0.25) is 4.90 Å². The van der Waals surface area contributed by atoms with E-state index in [9.17, 15) is 0 Å². The number of ether oxygens (including phenoxy) is 2. The predicted molar refractivity (Wildman–Crippen MR) is 120 cm³/mol. The Kier molecular flexibility index (Phi) is 13.9. The average Bonchev–Trinajstić information content (AvgIpc) is 2.71. The maximum Gasteiger partial charge on any atom is 0.119 e. The van der Waals surface area contributed by atoms with E-state index in [2.05, 4.69) is 39.8 Å². The van der Waals surface area contributed by atoms with E-state index in [0.29, 0.717) is 0 Å². The van der Waals surface area contributed by atoms with Crippen molar-refractivity contribution in [3.63, 3.8) is 0 Å². The van der Waals surface area contributed by atoms with Gasteiger partial charge < -0.3 is 20.1 Å². The van der Waals surface area contributed by atoms with E-state index in [1.165, 1.54) is 37.9 Å².